The highest BCUT2D eigenvalue weighted by Gasteiger charge is 2.25. The fraction of sp³-hybridized carbons (Fsp3) is 0.538. The van der Waals surface area contributed by atoms with Gasteiger partial charge in [-0.1, -0.05) is 12.8 Å². The zero-order valence-corrected chi connectivity index (χ0v) is 9.90. The van der Waals surface area contributed by atoms with E-state index < -0.39 is 0 Å². The summed E-state index contributed by atoms with van der Waals surface area (Å²) < 4.78 is 10.5. The largest absolute Gasteiger partial charge is 0.497 e. The molecule has 1 saturated carbocycles. The molecule has 0 unspecified atom stereocenters. The van der Waals surface area contributed by atoms with Crippen molar-refractivity contribution < 1.29 is 9.47 Å². The molecule has 0 bridgehead atoms. The minimum absolute atomic E-state index is 0.0533. The summed E-state index contributed by atoms with van der Waals surface area (Å²) in [5.41, 5.74) is 7.25. The molecule has 1 fully saturated rings. The number of rotatable bonds is 5. The second kappa shape index (κ2) is 4.74. The van der Waals surface area contributed by atoms with Gasteiger partial charge in [-0.3, -0.25) is 0 Å². The van der Waals surface area contributed by atoms with Gasteiger partial charge in [-0.2, -0.15) is 0 Å². The monoisotopic (exact) mass is 221 g/mol. The van der Waals surface area contributed by atoms with E-state index in [1.54, 1.807) is 14.2 Å². The Labute approximate surface area is 96.5 Å². The van der Waals surface area contributed by atoms with Crippen LogP contribution in [-0.4, -0.2) is 14.2 Å². The van der Waals surface area contributed by atoms with E-state index in [1.165, 1.54) is 12.8 Å². The van der Waals surface area contributed by atoms with Crippen molar-refractivity contribution in [3.63, 3.8) is 0 Å². The van der Waals surface area contributed by atoms with Crippen molar-refractivity contribution in [2.75, 3.05) is 14.2 Å². The zero-order chi connectivity index (χ0) is 11.5. The van der Waals surface area contributed by atoms with Crippen molar-refractivity contribution in [3.05, 3.63) is 23.8 Å². The molecule has 0 heterocycles. The van der Waals surface area contributed by atoms with Crippen LogP contribution in [0.1, 0.15) is 30.9 Å². The van der Waals surface area contributed by atoms with E-state index >= 15 is 0 Å². The van der Waals surface area contributed by atoms with Crippen molar-refractivity contribution in [3.8, 4) is 11.5 Å². The highest BCUT2D eigenvalue weighted by molar-refractivity contribution is 5.42. The maximum Gasteiger partial charge on any atom is 0.123 e. The molecule has 0 spiro atoms. The molecular formula is C13H19NO2. The van der Waals surface area contributed by atoms with Crippen LogP contribution in [-0.2, 0) is 0 Å². The van der Waals surface area contributed by atoms with Gasteiger partial charge in [-0.25, -0.2) is 0 Å². The molecule has 1 aliphatic carbocycles. The fourth-order valence-corrected chi connectivity index (χ4v) is 1.97. The van der Waals surface area contributed by atoms with Crippen LogP contribution in [0.3, 0.4) is 0 Å². The van der Waals surface area contributed by atoms with E-state index in [1.807, 2.05) is 18.2 Å². The molecule has 0 aromatic heterocycles. The SMILES string of the molecule is COc1ccc(OC)c([C@@H](N)CC2CC2)c1. The standard InChI is InChI=1S/C13H19NO2/c1-15-10-5-6-13(16-2)11(8-10)12(14)7-9-3-4-9/h5-6,8-9,12H,3-4,7,14H2,1-2H3/t12-/m0/s1. The van der Waals surface area contributed by atoms with E-state index in [4.69, 9.17) is 15.2 Å². The molecule has 88 valence electrons. The number of hydrogen-bond acceptors (Lipinski definition) is 3. The summed E-state index contributed by atoms with van der Waals surface area (Å²) in [6.07, 6.45) is 3.68. The first-order valence-corrected chi connectivity index (χ1v) is 5.72. The van der Waals surface area contributed by atoms with Crippen LogP contribution in [0.25, 0.3) is 0 Å². The van der Waals surface area contributed by atoms with Gasteiger partial charge in [0.15, 0.2) is 0 Å². The molecule has 2 N–H and O–H groups in total. The summed E-state index contributed by atoms with van der Waals surface area (Å²) in [6, 6.07) is 5.84. The van der Waals surface area contributed by atoms with Crippen molar-refractivity contribution in [1.29, 1.82) is 0 Å². The molecule has 0 radical (unpaired) electrons. The van der Waals surface area contributed by atoms with Crippen LogP contribution in [0.5, 0.6) is 11.5 Å². The molecule has 16 heavy (non-hydrogen) atoms. The Hall–Kier alpha value is -1.22. The average molecular weight is 221 g/mol. The topological polar surface area (TPSA) is 44.5 Å². The maximum atomic E-state index is 6.20. The van der Waals surface area contributed by atoms with Gasteiger partial charge in [-0.15, -0.1) is 0 Å². The molecule has 1 atom stereocenters. The molecule has 0 saturated heterocycles. The third-order valence-corrected chi connectivity index (χ3v) is 3.12. The average Bonchev–Trinajstić information content (AvgIpc) is 3.12. The van der Waals surface area contributed by atoms with Gasteiger partial charge >= 0.3 is 0 Å². The molecular weight excluding hydrogens is 202 g/mol. The molecule has 0 aliphatic heterocycles. The second-order valence-corrected chi connectivity index (χ2v) is 4.39. The van der Waals surface area contributed by atoms with Crippen LogP contribution >= 0.6 is 0 Å². The summed E-state index contributed by atoms with van der Waals surface area (Å²) in [6.45, 7) is 0. The minimum Gasteiger partial charge on any atom is -0.497 e. The Kier molecular flexibility index (Phi) is 3.34. The van der Waals surface area contributed by atoms with Gasteiger partial charge in [0, 0.05) is 11.6 Å². The highest BCUT2D eigenvalue weighted by atomic mass is 16.5. The summed E-state index contributed by atoms with van der Waals surface area (Å²) >= 11 is 0. The Bertz CT molecular complexity index is 361. The van der Waals surface area contributed by atoms with Gasteiger partial charge in [0.05, 0.1) is 14.2 Å². The second-order valence-electron chi connectivity index (χ2n) is 4.39. The third kappa shape index (κ3) is 2.47. The molecule has 1 aliphatic rings. The van der Waals surface area contributed by atoms with Crippen molar-refractivity contribution in [1.82, 2.24) is 0 Å². The normalized spacial score (nSPS) is 16.9. The lowest BCUT2D eigenvalue weighted by Gasteiger charge is -2.16. The Balaban J connectivity index is 2.20. The van der Waals surface area contributed by atoms with Gasteiger partial charge < -0.3 is 15.2 Å². The predicted octanol–water partition coefficient (Wildman–Crippen LogP) is 2.50. The van der Waals surface area contributed by atoms with Gasteiger partial charge in [0.1, 0.15) is 11.5 Å². The summed E-state index contributed by atoms with van der Waals surface area (Å²) in [4.78, 5) is 0. The number of ether oxygens (including phenoxy) is 2. The smallest absolute Gasteiger partial charge is 0.123 e. The first-order valence-electron chi connectivity index (χ1n) is 5.72. The lowest BCUT2D eigenvalue weighted by atomic mass is 10.0. The predicted molar refractivity (Wildman–Crippen MR) is 63.8 cm³/mol. The first kappa shape index (κ1) is 11.3. The Morgan fingerprint density at radius 3 is 2.62 bits per heavy atom. The van der Waals surface area contributed by atoms with Crippen molar-refractivity contribution >= 4 is 0 Å². The Morgan fingerprint density at radius 1 is 1.31 bits per heavy atom. The summed E-state index contributed by atoms with van der Waals surface area (Å²) in [5.74, 6) is 2.50. The number of hydrogen-bond donors (Lipinski definition) is 1. The van der Waals surface area contributed by atoms with E-state index in [0.29, 0.717) is 0 Å². The zero-order valence-electron chi connectivity index (χ0n) is 9.90. The number of benzene rings is 1. The van der Waals surface area contributed by atoms with Gasteiger partial charge in [-0.05, 0) is 30.5 Å². The van der Waals surface area contributed by atoms with Crippen LogP contribution in [0.4, 0.5) is 0 Å². The van der Waals surface area contributed by atoms with Crippen molar-refractivity contribution in [2.45, 2.75) is 25.3 Å². The van der Waals surface area contributed by atoms with Crippen LogP contribution in [0.15, 0.2) is 18.2 Å². The number of nitrogens with two attached hydrogens (primary N) is 1. The van der Waals surface area contributed by atoms with E-state index in [-0.39, 0.29) is 6.04 Å². The molecule has 1 aromatic rings. The van der Waals surface area contributed by atoms with Gasteiger partial charge in [0.2, 0.25) is 0 Å². The molecule has 1 aromatic carbocycles. The van der Waals surface area contributed by atoms with Crippen LogP contribution in [0, 0.1) is 5.92 Å². The molecule has 3 nitrogen and oxygen atoms in total. The van der Waals surface area contributed by atoms with Crippen LogP contribution in [0.2, 0.25) is 0 Å². The quantitative estimate of drug-likeness (QED) is 0.830. The molecule has 2 rings (SSSR count). The third-order valence-electron chi connectivity index (χ3n) is 3.12. The molecule has 0 amide bonds. The van der Waals surface area contributed by atoms with Gasteiger partial charge in [0.25, 0.3) is 0 Å². The van der Waals surface area contributed by atoms with E-state index in [0.717, 1.165) is 29.4 Å². The van der Waals surface area contributed by atoms with Crippen molar-refractivity contribution in [2.24, 2.45) is 11.7 Å². The lowest BCUT2D eigenvalue weighted by Crippen LogP contribution is -2.12. The molecule has 3 heteroatoms. The summed E-state index contributed by atoms with van der Waals surface area (Å²) in [5, 5.41) is 0. The maximum absolute atomic E-state index is 6.20. The first-order chi connectivity index (χ1) is 7.74. The highest BCUT2D eigenvalue weighted by Crippen LogP contribution is 2.39. The summed E-state index contributed by atoms with van der Waals surface area (Å²) in [7, 11) is 3.34. The van der Waals surface area contributed by atoms with E-state index in [9.17, 15) is 0 Å². The number of methoxy groups -OCH3 is 2. The fourth-order valence-electron chi connectivity index (χ4n) is 1.97. The van der Waals surface area contributed by atoms with Crippen LogP contribution < -0.4 is 15.2 Å². The van der Waals surface area contributed by atoms with E-state index in [2.05, 4.69) is 0 Å². The Morgan fingerprint density at radius 2 is 2.06 bits per heavy atom. The minimum atomic E-state index is 0.0533. The lowest BCUT2D eigenvalue weighted by molar-refractivity contribution is 0.393.